The van der Waals surface area contributed by atoms with E-state index in [-0.39, 0.29) is 5.75 Å². The number of phenols is 1. The molecule has 0 aliphatic rings. The standard InChI is InChI=1S/C10H9IN2OS/c1-2-13-5-12-8-6(10(13)15)3-4-7(11)9(8)14/h3-5,14H,2H2,1H3. The molecule has 0 unspecified atom stereocenters. The monoisotopic (exact) mass is 332 g/mol. The highest BCUT2D eigenvalue weighted by Gasteiger charge is 2.07. The maximum atomic E-state index is 9.82. The van der Waals surface area contributed by atoms with Crippen molar-refractivity contribution in [1.29, 1.82) is 0 Å². The van der Waals surface area contributed by atoms with Crippen LogP contribution in [0.5, 0.6) is 5.75 Å². The van der Waals surface area contributed by atoms with Crippen LogP contribution in [0.25, 0.3) is 10.9 Å². The molecule has 0 aliphatic heterocycles. The number of phenolic OH excluding ortho intramolecular Hbond substituents is 1. The zero-order valence-corrected chi connectivity index (χ0v) is 11.0. The first-order chi connectivity index (χ1) is 7.15. The topological polar surface area (TPSA) is 38.0 Å². The van der Waals surface area contributed by atoms with Crippen molar-refractivity contribution < 1.29 is 5.11 Å². The van der Waals surface area contributed by atoms with Crippen molar-refractivity contribution in [3.8, 4) is 5.75 Å². The summed E-state index contributed by atoms with van der Waals surface area (Å²) in [5, 5.41) is 10.6. The van der Waals surface area contributed by atoms with Gasteiger partial charge in [0.05, 0.1) is 9.90 Å². The van der Waals surface area contributed by atoms with Gasteiger partial charge < -0.3 is 9.67 Å². The molecule has 1 aromatic carbocycles. The lowest BCUT2D eigenvalue weighted by molar-refractivity contribution is 0.476. The lowest BCUT2D eigenvalue weighted by Gasteiger charge is -2.07. The van der Waals surface area contributed by atoms with Gasteiger partial charge in [0.1, 0.15) is 10.2 Å². The number of aromatic nitrogens is 2. The second-order valence-electron chi connectivity index (χ2n) is 3.13. The van der Waals surface area contributed by atoms with Crippen LogP contribution in [0.4, 0.5) is 0 Å². The molecule has 1 aromatic heterocycles. The van der Waals surface area contributed by atoms with Gasteiger partial charge in [0.2, 0.25) is 0 Å². The van der Waals surface area contributed by atoms with E-state index in [2.05, 4.69) is 27.6 Å². The van der Waals surface area contributed by atoms with Crippen LogP contribution in [0.1, 0.15) is 6.92 Å². The summed E-state index contributed by atoms with van der Waals surface area (Å²) in [5.41, 5.74) is 0.580. The Kier molecular flexibility index (Phi) is 2.92. The van der Waals surface area contributed by atoms with Crippen molar-refractivity contribution in [2.75, 3.05) is 0 Å². The Labute approximate surface area is 106 Å². The van der Waals surface area contributed by atoms with E-state index >= 15 is 0 Å². The van der Waals surface area contributed by atoms with Gasteiger partial charge >= 0.3 is 0 Å². The van der Waals surface area contributed by atoms with Crippen molar-refractivity contribution in [2.24, 2.45) is 0 Å². The maximum Gasteiger partial charge on any atom is 0.155 e. The smallest absolute Gasteiger partial charge is 0.155 e. The van der Waals surface area contributed by atoms with Crippen LogP contribution >= 0.6 is 34.8 Å². The van der Waals surface area contributed by atoms with Crippen LogP contribution in [0.15, 0.2) is 18.5 Å². The quantitative estimate of drug-likeness (QED) is 0.644. The number of aryl methyl sites for hydroxylation is 1. The molecule has 0 spiro atoms. The number of halogens is 1. The highest BCUT2D eigenvalue weighted by atomic mass is 127. The van der Waals surface area contributed by atoms with E-state index < -0.39 is 0 Å². The molecule has 1 N–H and O–H groups in total. The lowest BCUT2D eigenvalue weighted by atomic mass is 10.2. The molecule has 0 bridgehead atoms. The Morgan fingerprint density at radius 3 is 2.93 bits per heavy atom. The summed E-state index contributed by atoms with van der Waals surface area (Å²) >= 11 is 7.38. The highest BCUT2D eigenvalue weighted by molar-refractivity contribution is 14.1. The fourth-order valence-corrected chi connectivity index (χ4v) is 2.19. The van der Waals surface area contributed by atoms with Gasteiger partial charge in [-0.3, -0.25) is 0 Å². The van der Waals surface area contributed by atoms with Crippen LogP contribution in [0.3, 0.4) is 0 Å². The number of hydrogen-bond acceptors (Lipinski definition) is 3. The predicted octanol–water partition coefficient (Wildman–Crippen LogP) is 3.10. The zero-order chi connectivity index (χ0) is 11.0. The second kappa shape index (κ2) is 4.05. The molecule has 78 valence electrons. The third-order valence-electron chi connectivity index (χ3n) is 2.26. The Hall–Kier alpha value is -0.690. The Bertz CT molecular complexity index is 579. The normalized spacial score (nSPS) is 10.8. The van der Waals surface area contributed by atoms with Crippen molar-refractivity contribution >= 4 is 45.7 Å². The zero-order valence-electron chi connectivity index (χ0n) is 8.07. The molecular weight excluding hydrogens is 323 g/mol. The second-order valence-corrected chi connectivity index (χ2v) is 4.68. The molecule has 0 fully saturated rings. The van der Waals surface area contributed by atoms with Gasteiger partial charge in [-0.2, -0.15) is 0 Å². The summed E-state index contributed by atoms with van der Waals surface area (Å²) in [6.07, 6.45) is 1.67. The Morgan fingerprint density at radius 1 is 1.53 bits per heavy atom. The van der Waals surface area contributed by atoms with E-state index in [1.54, 1.807) is 6.33 Å². The molecule has 0 saturated carbocycles. The van der Waals surface area contributed by atoms with Crippen molar-refractivity contribution in [3.63, 3.8) is 0 Å². The van der Waals surface area contributed by atoms with E-state index in [0.717, 1.165) is 15.5 Å². The molecule has 0 radical (unpaired) electrons. The molecule has 5 heteroatoms. The van der Waals surface area contributed by atoms with Gasteiger partial charge in [0.15, 0.2) is 5.75 Å². The maximum absolute atomic E-state index is 9.82. The highest BCUT2D eigenvalue weighted by Crippen LogP contribution is 2.28. The first kappa shape index (κ1) is 10.8. The van der Waals surface area contributed by atoms with E-state index in [0.29, 0.717) is 10.2 Å². The summed E-state index contributed by atoms with van der Waals surface area (Å²) in [4.78, 5) is 4.21. The van der Waals surface area contributed by atoms with Crippen molar-refractivity contribution in [1.82, 2.24) is 9.55 Å². The minimum atomic E-state index is 0.211. The summed E-state index contributed by atoms with van der Waals surface area (Å²) in [6, 6.07) is 3.74. The number of hydrogen-bond donors (Lipinski definition) is 1. The first-order valence-electron chi connectivity index (χ1n) is 4.51. The molecule has 2 rings (SSSR count). The van der Waals surface area contributed by atoms with E-state index in [1.165, 1.54) is 0 Å². The van der Waals surface area contributed by atoms with Crippen molar-refractivity contribution in [2.45, 2.75) is 13.5 Å². The number of aromatic hydroxyl groups is 1. The van der Waals surface area contributed by atoms with Gasteiger partial charge in [-0.25, -0.2) is 4.98 Å². The van der Waals surface area contributed by atoms with Crippen LogP contribution < -0.4 is 0 Å². The van der Waals surface area contributed by atoms with Crippen LogP contribution in [-0.4, -0.2) is 14.7 Å². The Balaban J connectivity index is 2.92. The van der Waals surface area contributed by atoms with Gasteiger partial charge in [0.25, 0.3) is 0 Å². The van der Waals surface area contributed by atoms with E-state index in [1.807, 2.05) is 23.6 Å². The average molecular weight is 332 g/mol. The minimum absolute atomic E-state index is 0.211. The fourth-order valence-electron chi connectivity index (χ4n) is 1.42. The van der Waals surface area contributed by atoms with Gasteiger partial charge in [-0.15, -0.1) is 0 Å². The molecule has 0 saturated heterocycles. The van der Waals surface area contributed by atoms with Crippen LogP contribution in [0, 0.1) is 8.21 Å². The van der Waals surface area contributed by atoms with Gasteiger partial charge in [0, 0.05) is 11.9 Å². The van der Waals surface area contributed by atoms with E-state index in [9.17, 15) is 5.11 Å². The molecule has 0 atom stereocenters. The summed E-state index contributed by atoms with van der Waals surface area (Å²) in [7, 11) is 0. The number of nitrogens with zero attached hydrogens (tertiary/aromatic N) is 2. The number of benzene rings is 1. The molecule has 0 aliphatic carbocycles. The molecule has 3 nitrogen and oxygen atoms in total. The minimum Gasteiger partial charge on any atom is -0.505 e. The SMILES string of the molecule is CCn1cnc2c(O)c(I)ccc2c1=S. The van der Waals surface area contributed by atoms with Crippen molar-refractivity contribution in [3.05, 3.63) is 26.7 Å². The van der Waals surface area contributed by atoms with Gasteiger partial charge in [-0.1, -0.05) is 12.2 Å². The average Bonchev–Trinajstić information content (AvgIpc) is 2.24. The van der Waals surface area contributed by atoms with E-state index in [4.69, 9.17) is 12.2 Å². The third kappa shape index (κ3) is 1.74. The first-order valence-corrected chi connectivity index (χ1v) is 6.00. The summed E-state index contributed by atoms with van der Waals surface area (Å²) in [6.45, 7) is 2.80. The summed E-state index contributed by atoms with van der Waals surface area (Å²) in [5.74, 6) is 0.211. The van der Waals surface area contributed by atoms with Crippen LogP contribution in [0.2, 0.25) is 0 Å². The number of rotatable bonds is 1. The third-order valence-corrected chi connectivity index (χ3v) is 3.59. The molecule has 2 aromatic rings. The Morgan fingerprint density at radius 2 is 2.27 bits per heavy atom. The molecule has 0 amide bonds. The van der Waals surface area contributed by atoms with Crippen LogP contribution in [-0.2, 0) is 6.54 Å². The lowest BCUT2D eigenvalue weighted by Crippen LogP contribution is -1.99. The predicted molar refractivity (Wildman–Crippen MR) is 70.6 cm³/mol. The molecule has 15 heavy (non-hydrogen) atoms. The largest absolute Gasteiger partial charge is 0.505 e. The summed E-state index contributed by atoms with van der Waals surface area (Å²) < 4.78 is 3.38. The molecular formula is C10H9IN2OS. The number of fused-ring (bicyclic) bond motifs is 1. The van der Waals surface area contributed by atoms with Gasteiger partial charge in [-0.05, 0) is 41.6 Å². The molecule has 1 heterocycles. The fraction of sp³-hybridized carbons (Fsp3) is 0.200.